The van der Waals surface area contributed by atoms with Crippen LogP contribution in [-0.2, 0) is 4.74 Å². The van der Waals surface area contributed by atoms with Crippen LogP contribution in [0.25, 0.3) is 0 Å². The molecule has 2 aliphatic rings. The lowest BCUT2D eigenvalue weighted by atomic mass is 10.2. The summed E-state index contributed by atoms with van der Waals surface area (Å²) in [6.45, 7) is 6.61. The molecule has 7 nitrogen and oxygen atoms in total. The maximum Gasteiger partial charge on any atom is 0.410 e. The molecule has 3 rings (SSSR count). The summed E-state index contributed by atoms with van der Waals surface area (Å²) in [5, 5.41) is 0. The fraction of sp³-hybridized carbons (Fsp3) is 0.562. The molecule has 2 amide bonds. The zero-order chi connectivity index (χ0) is 16.8. The molecule has 2 atom stereocenters. The number of likely N-dealkylation sites (tertiary alicyclic amines) is 2. The van der Waals surface area contributed by atoms with E-state index in [1.807, 2.05) is 25.7 Å². The van der Waals surface area contributed by atoms with E-state index in [4.69, 9.17) is 10.5 Å². The van der Waals surface area contributed by atoms with Crippen molar-refractivity contribution in [3.63, 3.8) is 0 Å². The number of ether oxygens (including phenoxy) is 1. The van der Waals surface area contributed by atoms with Gasteiger partial charge in [-0.15, -0.1) is 0 Å². The number of nitrogens with zero attached hydrogens (tertiary/aromatic N) is 3. The van der Waals surface area contributed by atoms with Crippen LogP contribution < -0.4 is 5.73 Å². The number of piperazine rings is 1. The van der Waals surface area contributed by atoms with Crippen molar-refractivity contribution >= 4 is 17.8 Å². The van der Waals surface area contributed by atoms with Crippen LogP contribution in [-0.4, -0.2) is 57.6 Å². The quantitative estimate of drug-likeness (QED) is 0.847. The second-order valence-electron chi connectivity index (χ2n) is 7.11. The Labute approximate surface area is 135 Å². The second-order valence-corrected chi connectivity index (χ2v) is 7.11. The summed E-state index contributed by atoms with van der Waals surface area (Å²) in [6, 6.07) is 3.37. The zero-order valence-electron chi connectivity index (χ0n) is 13.7. The molecule has 3 heterocycles. The minimum absolute atomic E-state index is 0.0283. The molecule has 0 aliphatic carbocycles. The Bertz CT molecular complexity index is 623. The van der Waals surface area contributed by atoms with Crippen molar-refractivity contribution in [3.05, 3.63) is 23.9 Å². The molecule has 2 saturated heterocycles. The van der Waals surface area contributed by atoms with Gasteiger partial charge in [-0.3, -0.25) is 4.79 Å². The highest BCUT2D eigenvalue weighted by Crippen LogP contribution is 2.32. The molecule has 2 aliphatic heterocycles. The summed E-state index contributed by atoms with van der Waals surface area (Å²) in [4.78, 5) is 32.3. The van der Waals surface area contributed by atoms with Gasteiger partial charge >= 0.3 is 6.09 Å². The lowest BCUT2D eigenvalue weighted by Gasteiger charge is -2.35. The lowest BCUT2D eigenvalue weighted by molar-refractivity contribution is 0.0126. The van der Waals surface area contributed by atoms with Crippen molar-refractivity contribution in [2.75, 3.05) is 18.8 Å². The Morgan fingerprint density at radius 3 is 2.39 bits per heavy atom. The third-order valence-corrected chi connectivity index (χ3v) is 4.16. The summed E-state index contributed by atoms with van der Waals surface area (Å²) in [6.07, 6.45) is 1.99. The maximum atomic E-state index is 12.6. The van der Waals surface area contributed by atoms with Gasteiger partial charge in [-0.1, -0.05) is 0 Å². The van der Waals surface area contributed by atoms with Gasteiger partial charge < -0.3 is 20.3 Å². The average Bonchev–Trinajstić information content (AvgIpc) is 3.05. The predicted octanol–water partition coefficient (Wildman–Crippen LogP) is 1.50. The number of hydrogen-bond donors (Lipinski definition) is 1. The molecule has 1 aromatic rings. The number of rotatable bonds is 1. The first-order valence-electron chi connectivity index (χ1n) is 7.77. The van der Waals surface area contributed by atoms with Crippen molar-refractivity contribution in [2.24, 2.45) is 0 Å². The monoisotopic (exact) mass is 318 g/mol. The van der Waals surface area contributed by atoms with E-state index in [1.54, 1.807) is 17.0 Å². The molecule has 2 fully saturated rings. The molecule has 0 saturated carbocycles. The Morgan fingerprint density at radius 2 is 1.87 bits per heavy atom. The van der Waals surface area contributed by atoms with Gasteiger partial charge in [-0.05, 0) is 39.3 Å². The Hall–Kier alpha value is -2.31. The Balaban J connectivity index is 1.65. The molecule has 0 unspecified atom stereocenters. The zero-order valence-corrected chi connectivity index (χ0v) is 13.7. The number of amides is 2. The van der Waals surface area contributed by atoms with Crippen LogP contribution in [0.15, 0.2) is 18.3 Å². The van der Waals surface area contributed by atoms with Crippen LogP contribution in [0.3, 0.4) is 0 Å². The summed E-state index contributed by atoms with van der Waals surface area (Å²) in [5.41, 5.74) is 5.56. The van der Waals surface area contributed by atoms with Crippen LogP contribution in [0, 0.1) is 0 Å². The van der Waals surface area contributed by atoms with Gasteiger partial charge in [-0.25, -0.2) is 9.78 Å². The molecule has 7 heteroatoms. The first-order valence-corrected chi connectivity index (χ1v) is 7.77. The van der Waals surface area contributed by atoms with E-state index in [9.17, 15) is 9.59 Å². The van der Waals surface area contributed by atoms with Crippen molar-refractivity contribution < 1.29 is 14.3 Å². The van der Waals surface area contributed by atoms with E-state index >= 15 is 0 Å². The van der Waals surface area contributed by atoms with Crippen molar-refractivity contribution in [1.82, 2.24) is 14.8 Å². The van der Waals surface area contributed by atoms with Crippen LogP contribution in [0.1, 0.15) is 37.6 Å². The van der Waals surface area contributed by atoms with E-state index in [-0.39, 0.29) is 24.1 Å². The maximum absolute atomic E-state index is 12.6. The van der Waals surface area contributed by atoms with Gasteiger partial charge in [0.15, 0.2) is 0 Å². The number of aromatic nitrogens is 1. The second kappa shape index (κ2) is 5.40. The molecule has 2 N–H and O–H groups in total. The van der Waals surface area contributed by atoms with Gasteiger partial charge in [0, 0.05) is 19.3 Å². The molecule has 23 heavy (non-hydrogen) atoms. The molecular weight excluding hydrogens is 296 g/mol. The van der Waals surface area contributed by atoms with Crippen molar-refractivity contribution in [3.8, 4) is 0 Å². The molecule has 2 bridgehead atoms. The van der Waals surface area contributed by atoms with E-state index in [0.29, 0.717) is 24.5 Å². The molecule has 0 spiro atoms. The molecular formula is C16H22N4O3. The normalized spacial score (nSPS) is 23.3. The average molecular weight is 318 g/mol. The van der Waals surface area contributed by atoms with Gasteiger partial charge in [0.1, 0.15) is 11.4 Å². The fourth-order valence-electron chi connectivity index (χ4n) is 3.16. The number of pyridine rings is 1. The third-order valence-electron chi connectivity index (χ3n) is 4.16. The van der Waals surface area contributed by atoms with Crippen LogP contribution in [0.4, 0.5) is 10.6 Å². The van der Waals surface area contributed by atoms with Gasteiger partial charge in [-0.2, -0.15) is 0 Å². The number of nitrogen functional groups attached to an aromatic ring is 1. The number of carbonyl (C=O) groups excluding carboxylic acids is 2. The van der Waals surface area contributed by atoms with Crippen molar-refractivity contribution in [2.45, 2.75) is 44.9 Å². The topological polar surface area (TPSA) is 88.8 Å². The first kappa shape index (κ1) is 15.6. The Morgan fingerprint density at radius 1 is 1.22 bits per heavy atom. The van der Waals surface area contributed by atoms with Gasteiger partial charge in [0.05, 0.1) is 17.6 Å². The summed E-state index contributed by atoms with van der Waals surface area (Å²) < 4.78 is 5.43. The molecule has 1 aromatic heterocycles. The smallest absolute Gasteiger partial charge is 0.410 e. The summed E-state index contributed by atoms with van der Waals surface area (Å²) in [7, 11) is 0. The number of carbonyl (C=O) groups is 2. The first-order chi connectivity index (χ1) is 10.7. The number of fused-ring (bicyclic) bond motifs is 2. The van der Waals surface area contributed by atoms with Crippen molar-refractivity contribution in [1.29, 1.82) is 0 Å². The summed E-state index contributed by atoms with van der Waals surface area (Å²) in [5.74, 6) is 0.328. The number of nitrogens with two attached hydrogens (primary N) is 1. The third kappa shape index (κ3) is 3.09. The number of hydrogen-bond acceptors (Lipinski definition) is 5. The number of anilines is 1. The lowest BCUT2D eigenvalue weighted by Crippen LogP contribution is -2.51. The summed E-state index contributed by atoms with van der Waals surface area (Å²) >= 11 is 0. The largest absolute Gasteiger partial charge is 0.444 e. The van der Waals surface area contributed by atoms with E-state index in [0.717, 1.165) is 6.42 Å². The molecule has 124 valence electrons. The highest BCUT2D eigenvalue weighted by atomic mass is 16.6. The van der Waals surface area contributed by atoms with Crippen LogP contribution in [0.5, 0.6) is 0 Å². The van der Waals surface area contributed by atoms with Crippen LogP contribution in [0.2, 0.25) is 0 Å². The fourth-order valence-corrected chi connectivity index (χ4v) is 3.16. The Kier molecular flexibility index (Phi) is 3.66. The van der Waals surface area contributed by atoms with Gasteiger partial charge in [0.25, 0.3) is 5.91 Å². The molecule has 0 radical (unpaired) electrons. The highest BCUT2D eigenvalue weighted by molar-refractivity contribution is 5.94. The van der Waals surface area contributed by atoms with E-state index in [1.165, 1.54) is 6.20 Å². The molecule has 0 aromatic carbocycles. The van der Waals surface area contributed by atoms with Crippen LogP contribution >= 0.6 is 0 Å². The highest BCUT2D eigenvalue weighted by Gasteiger charge is 2.48. The standard InChI is InChI=1S/C16H22N4O3/c1-16(2,3)23-15(22)20-9-11-6-12(20)8-19(11)14(21)10-4-5-13(17)18-7-10/h4-5,7,11-12H,6,8-9H2,1-3H3,(H2,17,18)/t11-,12-/m1/s1. The van der Waals surface area contributed by atoms with E-state index in [2.05, 4.69) is 4.98 Å². The minimum atomic E-state index is -0.510. The van der Waals surface area contributed by atoms with Gasteiger partial charge in [0.2, 0.25) is 0 Å². The minimum Gasteiger partial charge on any atom is -0.444 e. The predicted molar refractivity (Wildman–Crippen MR) is 84.8 cm³/mol. The van der Waals surface area contributed by atoms with E-state index < -0.39 is 5.60 Å². The SMILES string of the molecule is CC(C)(C)OC(=O)N1C[C@H]2C[C@@H]1CN2C(=O)c1ccc(N)nc1.